The molecular weight excluding hydrogens is 289 g/mol. The zero-order valence-corrected chi connectivity index (χ0v) is 13.7. The van der Waals surface area contributed by atoms with Crippen molar-refractivity contribution in [1.29, 1.82) is 0 Å². The molecule has 0 aromatic heterocycles. The normalized spacial score (nSPS) is 30.5. The van der Waals surface area contributed by atoms with Crippen LogP contribution in [0.15, 0.2) is 18.2 Å². The second-order valence-electron chi connectivity index (χ2n) is 7.33. The van der Waals surface area contributed by atoms with Crippen LogP contribution < -0.4 is 14.9 Å². The average Bonchev–Trinajstić information content (AvgIpc) is 3.11. The van der Waals surface area contributed by atoms with E-state index in [4.69, 9.17) is 9.47 Å². The van der Waals surface area contributed by atoms with E-state index >= 15 is 0 Å². The Morgan fingerprint density at radius 1 is 1.13 bits per heavy atom. The Balaban J connectivity index is 1.37. The lowest BCUT2D eigenvalue weighted by molar-refractivity contribution is -0.0708. The van der Waals surface area contributed by atoms with E-state index in [0.29, 0.717) is 24.2 Å². The van der Waals surface area contributed by atoms with Gasteiger partial charge in [0.05, 0.1) is 31.0 Å². The summed E-state index contributed by atoms with van der Waals surface area (Å²) in [5, 5.41) is 3.23. The van der Waals surface area contributed by atoms with Crippen molar-refractivity contribution >= 4 is 19.4 Å². The maximum absolute atomic E-state index is 6.21. The molecule has 5 nitrogen and oxygen atoms in total. The SMILES string of the molecule is BNc1ccc(N2CC3CC2CN3C2COC2)c(OC2CC2)c1. The molecule has 2 bridgehead atoms. The first-order valence-corrected chi connectivity index (χ1v) is 8.90. The number of hydrogen-bond donors (Lipinski definition) is 1. The van der Waals surface area contributed by atoms with Crippen LogP contribution >= 0.6 is 0 Å². The highest BCUT2D eigenvalue weighted by atomic mass is 16.5. The fourth-order valence-electron chi connectivity index (χ4n) is 4.22. The van der Waals surface area contributed by atoms with Crippen molar-refractivity contribution in [3.63, 3.8) is 0 Å². The van der Waals surface area contributed by atoms with Crippen molar-refractivity contribution in [3.8, 4) is 5.75 Å². The molecule has 122 valence electrons. The topological polar surface area (TPSA) is 37.0 Å². The van der Waals surface area contributed by atoms with Gasteiger partial charge in [-0.3, -0.25) is 4.90 Å². The summed E-state index contributed by atoms with van der Waals surface area (Å²) in [6.07, 6.45) is 4.12. The summed E-state index contributed by atoms with van der Waals surface area (Å²) in [5.41, 5.74) is 2.41. The molecule has 6 heteroatoms. The summed E-state index contributed by atoms with van der Waals surface area (Å²) >= 11 is 0. The predicted octanol–water partition coefficient (Wildman–Crippen LogP) is 0.849. The number of nitrogens with zero attached hydrogens (tertiary/aromatic N) is 2. The van der Waals surface area contributed by atoms with Crippen LogP contribution in [0.5, 0.6) is 5.75 Å². The molecular formula is C17H24BN3O2. The van der Waals surface area contributed by atoms with E-state index in [1.807, 2.05) is 7.98 Å². The largest absolute Gasteiger partial charge is 0.488 e. The van der Waals surface area contributed by atoms with Gasteiger partial charge in [0.2, 0.25) is 7.98 Å². The van der Waals surface area contributed by atoms with Crippen molar-refractivity contribution in [2.24, 2.45) is 0 Å². The van der Waals surface area contributed by atoms with Crippen molar-refractivity contribution in [1.82, 2.24) is 4.90 Å². The molecule has 3 saturated heterocycles. The Hall–Kier alpha value is -1.40. The Kier molecular flexibility index (Phi) is 3.23. The highest BCUT2D eigenvalue weighted by Gasteiger charge is 2.47. The molecule has 1 aromatic rings. The number of ether oxygens (including phenoxy) is 2. The van der Waals surface area contributed by atoms with Crippen LogP contribution in [0.2, 0.25) is 0 Å². The molecule has 0 radical (unpaired) electrons. The number of piperazine rings is 1. The van der Waals surface area contributed by atoms with Crippen LogP contribution in [-0.2, 0) is 4.74 Å². The summed E-state index contributed by atoms with van der Waals surface area (Å²) in [5.74, 6) is 1.06. The number of anilines is 2. The third-order valence-electron chi connectivity index (χ3n) is 5.75. The van der Waals surface area contributed by atoms with Crippen LogP contribution in [0.3, 0.4) is 0 Å². The zero-order valence-electron chi connectivity index (χ0n) is 13.7. The standard InChI is InChI=1S/C17H24BN3O2/c18-19-11-1-4-16(17(5-11)23-15-2-3-15)21-8-12-6-13(21)7-20(12)14-9-22-10-14/h1,4-5,12-15,19H,2-3,6-10,18H2. The van der Waals surface area contributed by atoms with Gasteiger partial charge in [0.15, 0.2) is 0 Å². The third-order valence-corrected chi connectivity index (χ3v) is 5.75. The van der Waals surface area contributed by atoms with E-state index in [1.54, 1.807) is 0 Å². The van der Waals surface area contributed by atoms with Gasteiger partial charge in [-0.15, -0.1) is 0 Å². The van der Waals surface area contributed by atoms with E-state index in [0.717, 1.165) is 31.2 Å². The fourth-order valence-corrected chi connectivity index (χ4v) is 4.22. The van der Waals surface area contributed by atoms with Crippen molar-refractivity contribution in [2.45, 2.75) is 43.5 Å². The molecule has 4 aliphatic rings. The van der Waals surface area contributed by atoms with Crippen LogP contribution in [0, 0.1) is 0 Å². The quantitative estimate of drug-likeness (QED) is 0.816. The number of likely N-dealkylation sites (tertiary alicyclic amines) is 1. The molecule has 23 heavy (non-hydrogen) atoms. The van der Waals surface area contributed by atoms with Gasteiger partial charge in [0.25, 0.3) is 0 Å². The number of fused-ring (bicyclic) bond motifs is 2. The third kappa shape index (κ3) is 2.39. The Labute approximate surface area is 138 Å². The first kappa shape index (κ1) is 14.0. The van der Waals surface area contributed by atoms with Crippen molar-refractivity contribution < 1.29 is 9.47 Å². The van der Waals surface area contributed by atoms with E-state index in [-0.39, 0.29) is 0 Å². The molecule has 0 spiro atoms. The number of nitrogens with one attached hydrogen (secondary N) is 1. The van der Waals surface area contributed by atoms with E-state index < -0.39 is 0 Å². The smallest absolute Gasteiger partial charge is 0.213 e. The first-order valence-electron chi connectivity index (χ1n) is 8.90. The van der Waals surface area contributed by atoms with Gasteiger partial charge in [-0.25, -0.2) is 0 Å². The molecule has 4 fully saturated rings. The number of hydrogen-bond acceptors (Lipinski definition) is 5. The summed E-state index contributed by atoms with van der Waals surface area (Å²) in [4.78, 5) is 5.26. The molecule has 0 amide bonds. The summed E-state index contributed by atoms with van der Waals surface area (Å²) < 4.78 is 11.6. The fraction of sp³-hybridized carbons (Fsp3) is 0.647. The lowest BCUT2D eigenvalue weighted by Crippen LogP contribution is -2.56. The van der Waals surface area contributed by atoms with Gasteiger partial charge in [-0.2, -0.15) is 0 Å². The molecule has 2 unspecified atom stereocenters. The van der Waals surface area contributed by atoms with Gasteiger partial charge in [-0.1, -0.05) is 0 Å². The number of benzene rings is 1. The second-order valence-corrected chi connectivity index (χ2v) is 7.33. The Morgan fingerprint density at radius 3 is 2.61 bits per heavy atom. The molecule has 3 heterocycles. The minimum absolute atomic E-state index is 0.435. The van der Waals surface area contributed by atoms with Crippen LogP contribution in [0.4, 0.5) is 11.4 Å². The van der Waals surface area contributed by atoms with Crippen LogP contribution in [0.1, 0.15) is 19.3 Å². The Morgan fingerprint density at radius 2 is 2.00 bits per heavy atom. The van der Waals surface area contributed by atoms with E-state index in [9.17, 15) is 0 Å². The van der Waals surface area contributed by atoms with Gasteiger partial charge in [-0.05, 0) is 31.4 Å². The molecule has 2 atom stereocenters. The maximum atomic E-state index is 6.21. The lowest BCUT2D eigenvalue weighted by Gasteiger charge is -2.43. The van der Waals surface area contributed by atoms with Crippen molar-refractivity contribution in [2.75, 3.05) is 36.4 Å². The number of rotatable bonds is 5. The summed E-state index contributed by atoms with van der Waals surface area (Å²) in [6.45, 7) is 4.16. The molecule has 1 aliphatic carbocycles. The van der Waals surface area contributed by atoms with Gasteiger partial charge < -0.3 is 19.6 Å². The summed E-state index contributed by atoms with van der Waals surface area (Å²) in [6, 6.07) is 8.55. The zero-order chi connectivity index (χ0) is 15.4. The maximum Gasteiger partial charge on any atom is 0.213 e. The van der Waals surface area contributed by atoms with Gasteiger partial charge >= 0.3 is 0 Å². The van der Waals surface area contributed by atoms with Crippen LogP contribution in [-0.4, -0.2) is 63.4 Å². The monoisotopic (exact) mass is 313 g/mol. The molecule has 5 rings (SSSR count). The van der Waals surface area contributed by atoms with Gasteiger partial charge in [0, 0.05) is 36.9 Å². The second kappa shape index (κ2) is 5.31. The van der Waals surface area contributed by atoms with E-state index in [2.05, 4.69) is 33.2 Å². The highest BCUT2D eigenvalue weighted by Crippen LogP contribution is 2.42. The average molecular weight is 313 g/mol. The van der Waals surface area contributed by atoms with Crippen LogP contribution in [0.25, 0.3) is 0 Å². The Bertz CT molecular complexity index is 606. The van der Waals surface area contributed by atoms with E-state index in [1.165, 1.54) is 31.5 Å². The summed E-state index contributed by atoms with van der Waals surface area (Å²) in [7, 11) is 1.96. The lowest BCUT2D eigenvalue weighted by atomic mass is 10.1. The minimum Gasteiger partial charge on any atom is -0.488 e. The van der Waals surface area contributed by atoms with Crippen molar-refractivity contribution in [3.05, 3.63) is 18.2 Å². The highest BCUT2D eigenvalue weighted by molar-refractivity contribution is 6.16. The first-order chi connectivity index (χ1) is 11.3. The minimum atomic E-state index is 0.435. The predicted molar refractivity (Wildman–Crippen MR) is 93.1 cm³/mol. The molecule has 1 N–H and O–H groups in total. The molecule has 3 aliphatic heterocycles. The molecule has 1 saturated carbocycles. The molecule has 1 aromatic carbocycles. The van der Waals surface area contributed by atoms with Gasteiger partial charge in [0.1, 0.15) is 5.75 Å².